The second-order valence-corrected chi connectivity index (χ2v) is 5.50. The van der Waals surface area contributed by atoms with Crippen molar-refractivity contribution in [3.05, 3.63) is 58.8 Å². The Kier molecular flexibility index (Phi) is 5.22. The molecule has 0 spiro atoms. The van der Waals surface area contributed by atoms with E-state index in [4.69, 9.17) is 10.5 Å². The largest absolute Gasteiger partial charge is 0.463 e. The van der Waals surface area contributed by atoms with Crippen LogP contribution in [-0.2, 0) is 9.53 Å². The van der Waals surface area contributed by atoms with Crippen LogP contribution in [0.15, 0.2) is 53.3 Å². The molecule has 0 fully saturated rings. The van der Waals surface area contributed by atoms with Crippen molar-refractivity contribution in [2.24, 2.45) is 11.1 Å². The van der Waals surface area contributed by atoms with Gasteiger partial charge in [-0.1, -0.05) is 30.3 Å². The summed E-state index contributed by atoms with van der Waals surface area (Å²) in [4.78, 5) is 11.9. The molecule has 1 unspecified atom stereocenters. The average Bonchev–Trinajstić information content (AvgIpc) is 2.63. The first-order valence-electron chi connectivity index (χ1n) is 7.69. The molecular formula is C19H16N4O2. The third-order valence-electron chi connectivity index (χ3n) is 4.18. The second kappa shape index (κ2) is 7.34. The molecule has 6 heteroatoms. The summed E-state index contributed by atoms with van der Waals surface area (Å²) in [6.45, 7) is 1.83. The molecule has 6 nitrogen and oxygen atoms in total. The minimum atomic E-state index is -1.84. The minimum absolute atomic E-state index is 0.129. The molecule has 1 aliphatic carbocycles. The number of rotatable bonds is 3. The van der Waals surface area contributed by atoms with Crippen LogP contribution < -0.4 is 5.73 Å². The van der Waals surface area contributed by atoms with Gasteiger partial charge in [-0.05, 0) is 24.5 Å². The van der Waals surface area contributed by atoms with Gasteiger partial charge in [0.25, 0.3) is 0 Å². The monoisotopic (exact) mass is 332 g/mol. The molecule has 25 heavy (non-hydrogen) atoms. The highest BCUT2D eigenvalue weighted by Gasteiger charge is 2.46. The van der Waals surface area contributed by atoms with E-state index in [-0.39, 0.29) is 29.9 Å². The highest BCUT2D eigenvalue weighted by molar-refractivity contribution is 5.84. The van der Waals surface area contributed by atoms with Gasteiger partial charge in [0.1, 0.15) is 0 Å². The molecule has 0 amide bonds. The summed E-state index contributed by atoms with van der Waals surface area (Å²) < 4.78 is 4.90. The Morgan fingerprint density at radius 3 is 2.48 bits per heavy atom. The number of ether oxygens (including phenoxy) is 1. The predicted octanol–water partition coefficient (Wildman–Crippen LogP) is 2.43. The third kappa shape index (κ3) is 3.09. The SMILES string of the molecule is CCOC(=O)/C=C1\CC(c2ccccc2)C(C#N)=C(N)C1(C#N)C#N. The maximum absolute atomic E-state index is 11.9. The number of nitrogens with zero attached hydrogens (tertiary/aromatic N) is 3. The number of esters is 1. The van der Waals surface area contributed by atoms with Crippen LogP contribution in [0.25, 0.3) is 0 Å². The zero-order chi connectivity index (χ0) is 18.4. The molecule has 2 rings (SSSR count). The van der Waals surface area contributed by atoms with Crippen LogP contribution in [0.1, 0.15) is 24.8 Å². The maximum atomic E-state index is 11.9. The van der Waals surface area contributed by atoms with E-state index in [2.05, 4.69) is 0 Å². The molecule has 0 aromatic heterocycles. The highest BCUT2D eigenvalue weighted by atomic mass is 16.5. The first-order valence-corrected chi connectivity index (χ1v) is 7.69. The normalized spacial score (nSPS) is 20.2. The number of carbonyl (C=O) groups excluding carboxylic acids is 1. The first kappa shape index (κ1) is 17.8. The highest BCUT2D eigenvalue weighted by Crippen LogP contribution is 2.47. The van der Waals surface area contributed by atoms with E-state index >= 15 is 0 Å². The quantitative estimate of drug-likeness (QED) is 0.669. The summed E-state index contributed by atoms with van der Waals surface area (Å²) in [5, 5.41) is 28.8. The van der Waals surface area contributed by atoms with Crippen LogP contribution in [0, 0.1) is 39.4 Å². The lowest BCUT2D eigenvalue weighted by Gasteiger charge is -2.33. The number of carbonyl (C=O) groups is 1. The van der Waals surface area contributed by atoms with Gasteiger partial charge in [0.2, 0.25) is 5.41 Å². The van der Waals surface area contributed by atoms with E-state index < -0.39 is 17.3 Å². The van der Waals surface area contributed by atoms with Gasteiger partial charge in [0, 0.05) is 12.0 Å². The van der Waals surface area contributed by atoms with Crippen molar-refractivity contribution < 1.29 is 9.53 Å². The molecule has 1 atom stereocenters. The molecule has 1 aromatic carbocycles. The molecule has 0 heterocycles. The molecule has 0 radical (unpaired) electrons. The molecular weight excluding hydrogens is 316 g/mol. The van der Waals surface area contributed by atoms with Gasteiger partial charge in [0.05, 0.1) is 36.1 Å². The lowest BCUT2D eigenvalue weighted by atomic mass is 9.66. The molecule has 124 valence electrons. The Balaban J connectivity index is 2.68. The molecule has 1 aromatic rings. The van der Waals surface area contributed by atoms with E-state index in [9.17, 15) is 20.6 Å². The van der Waals surface area contributed by atoms with Crippen LogP contribution in [0.3, 0.4) is 0 Å². The molecule has 2 N–H and O–H groups in total. The summed E-state index contributed by atoms with van der Waals surface area (Å²) in [6.07, 6.45) is 1.31. The van der Waals surface area contributed by atoms with Crippen molar-refractivity contribution in [2.45, 2.75) is 19.3 Å². The Bertz CT molecular complexity index is 849. The third-order valence-corrected chi connectivity index (χ3v) is 4.18. The van der Waals surface area contributed by atoms with Gasteiger partial charge >= 0.3 is 5.97 Å². The molecule has 0 saturated carbocycles. The summed E-state index contributed by atoms with van der Waals surface area (Å²) in [6, 6.07) is 15.0. The molecule has 0 aliphatic heterocycles. The zero-order valence-corrected chi connectivity index (χ0v) is 13.7. The van der Waals surface area contributed by atoms with E-state index in [1.54, 1.807) is 6.92 Å². The van der Waals surface area contributed by atoms with Crippen molar-refractivity contribution in [3.8, 4) is 18.2 Å². The summed E-state index contributed by atoms with van der Waals surface area (Å²) >= 11 is 0. The van der Waals surface area contributed by atoms with Crippen LogP contribution in [0.2, 0.25) is 0 Å². The average molecular weight is 332 g/mol. The van der Waals surface area contributed by atoms with Crippen molar-refractivity contribution in [2.75, 3.05) is 6.61 Å². The van der Waals surface area contributed by atoms with E-state index in [1.165, 1.54) is 0 Å². The Labute approximate surface area is 146 Å². The Morgan fingerprint density at radius 2 is 1.96 bits per heavy atom. The van der Waals surface area contributed by atoms with Gasteiger partial charge in [0.15, 0.2) is 0 Å². The summed E-state index contributed by atoms with van der Waals surface area (Å²) in [5.74, 6) is -1.07. The Hall–Kier alpha value is -3.56. The topological polar surface area (TPSA) is 124 Å². The predicted molar refractivity (Wildman–Crippen MR) is 89.0 cm³/mol. The maximum Gasteiger partial charge on any atom is 0.330 e. The molecule has 1 aliphatic rings. The fraction of sp³-hybridized carbons (Fsp3) is 0.263. The van der Waals surface area contributed by atoms with Crippen molar-refractivity contribution in [1.29, 1.82) is 15.8 Å². The number of hydrogen-bond donors (Lipinski definition) is 1. The van der Waals surface area contributed by atoms with Crippen molar-refractivity contribution in [3.63, 3.8) is 0 Å². The van der Waals surface area contributed by atoms with E-state index in [0.717, 1.165) is 11.6 Å². The number of benzene rings is 1. The number of nitrogens with two attached hydrogens (primary N) is 1. The summed E-state index contributed by atoms with van der Waals surface area (Å²) in [5.41, 5.74) is 5.34. The standard InChI is InChI=1S/C19H16N4O2/c1-2-25-17(24)9-14-8-15(13-6-4-3-5-7-13)16(10-20)18(23)19(14,11-21)12-22/h3-7,9,15H,2,8,23H2,1H3/b14-9+. The number of hydrogen-bond acceptors (Lipinski definition) is 6. The van der Waals surface area contributed by atoms with E-state index in [1.807, 2.05) is 48.5 Å². The van der Waals surface area contributed by atoms with Crippen LogP contribution in [0.5, 0.6) is 0 Å². The first-order chi connectivity index (χ1) is 12.0. The van der Waals surface area contributed by atoms with Gasteiger partial charge in [-0.25, -0.2) is 4.79 Å². The molecule has 0 saturated heterocycles. The van der Waals surface area contributed by atoms with Gasteiger partial charge in [-0.3, -0.25) is 0 Å². The van der Waals surface area contributed by atoms with Gasteiger partial charge in [-0.2, -0.15) is 15.8 Å². The second-order valence-electron chi connectivity index (χ2n) is 5.50. The Morgan fingerprint density at radius 1 is 1.32 bits per heavy atom. The zero-order valence-electron chi connectivity index (χ0n) is 13.7. The lowest BCUT2D eigenvalue weighted by Crippen LogP contribution is -2.35. The summed E-state index contributed by atoms with van der Waals surface area (Å²) in [7, 11) is 0. The number of nitriles is 3. The smallest absolute Gasteiger partial charge is 0.330 e. The van der Waals surface area contributed by atoms with Gasteiger partial charge in [-0.15, -0.1) is 0 Å². The van der Waals surface area contributed by atoms with Gasteiger partial charge < -0.3 is 10.5 Å². The molecule has 0 bridgehead atoms. The van der Waals surface area contributed by atoms with Crippen LogP contribution in [0.4, 0.5) is 0 Å². The fourth-order valence-electron chi connectivity index (χ4n) is 2.93. The van der Waals surface area contributed by atoms with E-state index in [0.29, 0.717) is 0 Å². The minimum Gasteiger partial charge on any atom is -0.463 e. The van der Waals surface area contributed by atoms with Crippen molar-refractivity contribution in [1.82, 2.24) is 0 Å². The number of allylic oxidation sites excluding steroid dienone is 2. The fourth-order valence-corrected chi connectivity index (χ4v) is 2.93. The van der Waals surface area contributed by atoms with Crippen molar-refractivity contribution >= 4 is 5.97 Å². The van der Waals surface area contributed by atoms with Crippen LogP contribution >= 0.6 is 0 Å². The van der Waals surface area contributed by atoms with Crippen LogP contribution in [-0.4, -0.2) is 12.6 Å². The lowest BCUT2D eigenvalue weighted by molar-refractivity contribution is -0.137.